The van der Waals surface area contributed by atoms with E-state index in [1.807, 2.05) is 13.8 Å². The van der Waals surface area contributed by atoms with Gasteiger partial charge in [-0.2, -0.15) is 5.26 Å². The third-order valence-electron chi connectivity index (χ3n) is 4.25. The molecule has 1 aromatic carbocycles. The summed E-state index contributed by atoms with van der Waals surface area (Å²) in [5.41, 5.74) is 0.120. The topological polar surface area (TPSA) is 100 Å². The Morgan fingerprint density at radius 3 is 2.58 bits per heavy atom. The molecule has 1 aliphatic rings. The van der Waals surface area contributed by atoms with E-state index in [2.05, 4.69) is 16.7 Å². The van der Waals surface area contributed by atoms with Gasteiger partial charge in [0.05, 0.1) is 37.1 Å². The van der Waals surface area contributed by atoms with Crippen molar-refractivity contribution in [3.8, 4) is 11.8 Å². The number of anilines is 1. The van der Waals surface area contributed by atoms with E-state index in [0.29, 0.717) is 29.8 Å². The maximum absolute atomic E-state index is 12.3. The molecular weight excluding hydrogens is 334 g/mol. The van der Waals surface area contributed by atoms with Crippen LogP contribution in [0.3, 0.4) is 0 Å². The van der Waals surface area contributed by atoms with Crippen LogP contribution in [-0.4, -0.2) is 37.2 Å². The second-order valence-corrected chi connectivity index (χ2v) is 6.67. The van der Waals surface area contributed by atoms with Crippen LogP contribution < -0.4 is 15.4 Å². The Kier molecular flexibility index (Phi) is 6.45. The number of nitrogens with zero attached hydrogens (tertiary/aromatic N) is 1. The summed E-state index contributed by atoms with van der Waals surface area (Å²) in [6, 6.07) is 7.10. The second-order valence-electron chi connectivity index (χ2n) is 6.67. The van der Waals surface area contributed by atoms with Gasteiger partial charge in [0.15, 0.2) is 0 Å². The third-order valence-corrected chi connectivity index (χ3v) is 4.25. The molecule has 1 fully saturated rings. The Hall–Kier alpha value is -2.75. The molecule has 2 rings (SSSR count). The van der Waals surface area contributed by atoms with Crippen molar-refractivity contribution in [2.45, 2.75) is 51.2 Å². The zero-order chi connectivity index (χ0) is 19.2. The zero-order valence-electron chi connectivity index (χ0n) is 15.4. The van der Waals surface area contributed by atoms with Crippen LogP contribution >= 0.6 is 0 Å². The van der Waals surface area contributed by atoms with Crippen LogP contribution in [0.25, 0.3) is 0 Å². The number of carbonyl (C=O) groups is 2. The Morgan fingerprint density at radius 1 is 1.31 bits per heavy atom. The van der Waals surface area contributed by atoms with Crippen LogP contribution in [0.1, 0.15) is 49.9 Å². The first-order valence-electron chi connectivity index (χ1n) is 8.74. The summed E-state index contributed by atoms with van der Waals surface area (Å²) in [6.07, 6.45) is 3.17. The fourth-order valence-corrected chi connectivity index (χ4v) is 3.00. The van der Waals surface area contributed by atoms with Gasteiger partial charge >= 0.3 is 5.97 Å². The van der Waals surface area contributed by atoms with E-state index in [0.717, 1.165) is 12.8 Å². The van der Waals surface area contributed by atoms with Crippen molar-refractivity contribution in [1.82, 2.24) is 5.32 Å². The van der Waals surface area contributed by atoms with Crippen LogP contribution in [0.4, 0.5) is 5.69 Å². The molecule has 0 heterocycles. The molecule has 0 spiro atoms. The van der Waals surface area contributed by atoms with Crippen molar-refractivity contribution in [2.24, 2.45) is 0 Å². The highest BCUT2D eigenvalue weighted by Gasteiger charge is 2.35. The van der Waals surface area contributed by atoms with E-state index in [1.165, 1.54) is 7.11 Å². The normalized spacial score (nSPS) is 15.2. The lowest BCUT2D eigenvalue weighted by molar-refractivity contribution is -0.120. The molecule has 2 N–H and O–H groups in total. The van der Waals surface area contributed by atoms with Crippen molar-refractivity contribution in [3.05, 3.63) is 23.8 Å². The van der Waals surface area contributed by atoms with Crippen molar-refractivity contribution in [1.29, 1.82) is 5.26 Å². The maximum atomic E-state index is 12.3. The van der Waals surface area contributed by atoms with E-state index in [1.54, 1.807) is 18.2 Å². The average molecular weight is 359 g/mol. The molecule has 1 amide bonds. The lowest BCUT2D eigenvalue weighted by Crippen LogP contribution is -2.47. The number of ether oxygens (including phenoxy) is 2. The number of rotatable bonds is 7. The molecule has 7 heteroatoms. The monoisotopic (exact) mass is 359 g/mol. The van der Waals surface area contributed by atoms with Gasteiger partial charge < -0.3 is 20.1 Å². The van der Waals surface area contributed by atoms with Gasteiger partial charge in [0.2, 0.25) is 5.91 Å². The van der Waals surface area contributed by atoms with Crippen molar-refractivity contribution >= 4 is 17.6 Å². The van der Waals surface area contributed by atoms with E-state index in [9.17, 15) is 14.9 Å². The lowest BCUT2D eigenvalue weighted by Gasteiger charge is -2.22. The first kappa shape index (κ1) is 19.6. The standard InChI is InChI=1S/C19H25N3O4/c1-13(2)26-16-7-6-14(18(24)25-3)10-15(16)21-11-17(23)22-19(12-20)8-4-5-9-19/h6-7,10,13,21H,4-5,8-9,11H2,1-3H3,(H,22,23). The van der Waals surface area contributed by atoms with Gasteiger partial charge in [-0.05, 0) is 57.7 Å². The number of nitriles is 1. The molecule has 26 heavy (non-hydrogen) atoms. The number of carbonyl (C=O) groups excluding carboxylic acids is 2. The van der Waals surface area contributed by atoms with E-state index >= 15 is 0 Å². The molecule has 1 aromatic rings. The predicted molar refractivity (Wildman–Crippen MR) is 97.0 cm³/mol. The number of esters is 1. The number of hydrogen-bond donors (Lipinski definition) is 2. The molecule has 0 atom stereocenters. The van der Waals surface area contributed by atoms with Crippen LogP contribution in [0.2, 0.25) is 0 Å². The van der Waals surface area contributed by atoms with Crippen LogP contribution in [0, 0.1) is 11.3 Å². The fraction of sp³-hybridized carbons (Fsp3) is 0.526. The zero-order valence-corrected chi connectivity index (χ0v) is 15.4. The van der Waals surface area contributed by atoms with Gasteiger partial charge in [-0.25, -0.2) is 4.79 Å². The Balaban J connectivity index is 2.09. The Bertz CT molecular complexity index is 703. The van der Waals surface area contributed by atoms with Gasteiger partial charge in [-0.3, -0.25) is 4.79 Å². The SMILES string of the molecule is COC(=O)c1ccc(OC(C)C)c(NCC(=O)NC2(C#N)CCCC2)c1. The molecule has 1 aliphatic carbocycles. The van der Waals surface area contributed by atoms with Gasteiger partial charge in [-0.15, -0.1) is 0 Å². The summed E-state index contributed by atoms with van der Waals surface area (Å²) in [5.74, 6) is -0.202. The van der Waals surface area contributed by atoms with Gasteiger partial charge in [0.1, 0.15) is 11.3 Å². The molecule has 140 valence electrons. The van der Waals surface area contributed by atoms with Crippen LogP contribution in [-0.2, 0) is 9.53 Å². The van der Waals surface area contributed by atoms with E-state index in [-0.39, 0.29) is 18.6 Å². The molecule has 0 radical (unpaired) electrons. The smallest absolute Gasteiger partial charge is 0.337 e. The van der Waals surface area contributed by atoms with Crippen LogP contribution in [0.15, 0.2) is 18.2 Å². The summed E-state index contributed by atoms with van der Waals surface area (Å²) >= 11 is 0. The number of nitrogens with one attached hydrogen (secondary N) is 2. The quantitative estimate of drug-likeness (QED) is 0.726. The maximum Gasteiger partial charge on any atom is 0.337 e. The van der Waals surface area contributed by atoms with Crippen molar-refractivity contribution in [2.75, 3.05) is 19.0 Å². The largest absolute Gasteiger partial charge is 0.489 e. The van der Waals surface area contributed by atoms with Gasteiger partial charge in [0.25, 0.3) is 0 Å². The molecule has 0 aliphatic heterocycles. The second kappa shape index (κ2) is 8.56. The molecule has 0 saturated heterocycles. The number of methoxy groups -OCH3 is 1. The van der Waals surface area contributed by atoms with E-state index in [4.69, 9.17) is 9.47 Å². The third kappa shape index (κ3) is 4.88. The molecule has 0 aromatic heterocycles. The number of hydrogen-bond acceptors (Lipinski definition) is 6. The minimum absolute atomic E-state index is 0.0253. The van der Waals surface area contributed by atoms with Crippen molar-refractivity contribution in [3.63, 3.8) is 0 Å². The summed E-state index contributed by atoms with van der Waals surface area (Å²) in [7, 11) is 1.31. The van der Waals surface area contributed by atoms with E-state index < -0.39 is 11.5 Å². The molecule has 7 nitrogen and oxygen atoms in total. The van der Waals surface area contributed by atoms with Gasteiger partial charge in [0, 0.05) is 0 Å². The summed E-state index contributed by atoms with van der Waals surface area (Å²) < 4.78 is 10.5. The Morgan fingerprint density at radius 2 is 2.00 bits per heavy atom. The average Bonchev–Trinajstić information content (AvgIpc) is 3.08. The summed E-state index contributed by atoms with van der Waals surface area (Å²) in [6.45, 7) is 3.76. The molecule has 0 unspecified atom stereocenters. The predicted octanol–water partition coefficient (Wildman–Crippen LogP) is 2.62. The number of benzene rings is 1. The first-order chi connectivity index (χ1) is 12.4. The highest BCUT2D eigenvalue weighted by Crippen LogP contribution is 2.29. The minimum Gasteiger partial charge on any atom is -0.489 e. The van der Waals surface area contributed by atoms with Crippen molar-refractivity contribution < 1.29 is 19.1 Å². The Labute approximate surface area is 153 Å². The molecule has 1 saturated carbocycles. The lowest BCUT2D eigenvalue weighted by atomic mass is 10.00. The minimum atomic E-state index is -0.760. The summed E-state index contributed by atoms with van der Waals surface area (Å²) in [5, 5.41) is 15.2. The van der Waals surface area contributed by atoms with Gasteiger partial charge in [-0.1, -0.05) is 0 Å². The fourth-order valence-electron chi connectivity index (χ4n) is 3.00. The number of amides is 1. The molecule has 0 bridgehead atoms. The summed E-state index contributed by atoms with van der Waals surface area (Å²) in [4.78, 5) is 24.0. The highest BCUT2D eigenvalue weighted by molar-refractivity contribution is 5.91. The highest BCUT2D eigenvalue weighted by atomic mass is 16.5. The first-order valence-corrected chi connectivity index (χ1v) is 8.74. The van der Waals surface area contributed by atoms with Crippen LogP contribution in [0.5, 0.6) is 5.75 Å². The molecular formula is C19H25N3O4.